The van der Waals surface area contributed by atoms with Crippen LogP contribution in [-0.2, 0) is 25.0 Å². The summed E-state index contributed by atoms with van der Waals surface area (Å²) >= 11 is 0. The number of anilines is 1. The van der Waals surface area contributed by atoms with E-state index in [-0.39, 0.29) is 24.1 Å². The average Bonchev–Trinajstić information content (AvgIpc) is 3.36. The molecular formula is C21H23N3O5S. The lowest BCUT2D eigenvalue weighted by atomic mass is 9.73. The van der Waals surface area contributed by atoms with Crippen LogP contribution in [-0.4, -0.2) is 47.5 Å². The third-order valence-electron chi connectivity index (χ3n) is 6.04. The van der Waals surface area contributed by atoms with E-state index in [0.29, 0.717) is 13.0 Å². The molecule has 2 atom stereocenters. The van der Waals surface area contributed by atoms with Crippen LogP contribution < -0.4 is 5.32 Å². The zero-order valence-electron chi connectivity index (χ0n) is 16.3. The molecule has 5 rings (SSSR count). The van der Waals surface area contributed by atoms with Gasteiger partial charge < -0.3 is 10.4 Å². The second-order valence-corrected chi connectivity index (χ2v) is 9.81. The first kappa shape index (κ1) is 20.5. The van der Waals surface area contributed by atoms with Crippen molar-refractivity contribution in [3.8, 4) is 0 Å². The molecule has 2 fully saturated rings. The molecule has 8 nitrogen and oxygen atoms in total. The fraction of sp³-hybridized carbons (Fsp3) is 0.381. The highest BCUT2D eigenvalue weighted by molar-refractivity contribution is 7.89. The number of carbonyl (C=O) groups is 2. The molecule has 158 valence electrons. The number of pyridine rings is 1. The van der Waals surface area contributed by atoms with Crippen LogP contribution in [0.3, 0.4) is 0 Å². The lowest BCUT2D eigenvalue weighted by Gasteiger charge is -2.33. The number of aromatic nitrogens is 1. The normalized spacial score (nSPS) is 25.3. The minimum absolute atomic E-state index is 0.123. The maximum Gasteiger partial charge on any atom is 0.290 e. The van der Waals surface area contributed by atoms with Gasteiger partial charge in [-0.05, 0) is 48.4 Å². The van der Waals surface area contributed by atoms with Gasteiger partial charge in [0.1, 0.15) is 0 Å². The third kappa shape index (κ3) is 3.37. The van der Waals surface area contributed by atoms with Gasteiger partial charge in [-0.2, -0.15) is 4.31 Å². The fourth-order valence-corrected chi connectivity index (χ4v) is 6.73. The quantitative estimate of drug-likeness (QED) is 0.720. The van der Waals surface area contributed by atoms with Gasteiger partial charge in [0.15, 0.2) is 0 Å². The average molecular weight is 429 g/mol. The number of para-hydroxylation sites is 1. The van der Waals surface area contributed by atoms with Crippen LogP contribution in [0.25, 0.3) is 0 Å². The summed E-state index contributed by atoms with van der Waals surface area (Å²) in [6, 6.07) is 10.7. The Morgan fingerprint density at radius 1 is 1.23 bits per heavy atom. The fourth-order valence-electron chi connectivity index (χ4n) is 4.62. The van der Waals surface area contributed by atoms with Crippen LogP contribution in [0, 0.1) is 5.92 Å². The van der Waals surface area contributed by atoms with E-state index in [2.05, 4.69) is 10.3 Å². The SMILES string of the molecule is O=C1Nc2ccccc2C12CCN(S(=O)(=O)CC1CC1)C2c1cccnc1.O=CO. The minimum Gasteiger partial charge on any atom is -0.483 e. The molecule has 2 aromatic rings. The molecule has 1 spiro atoms. The van der Waals surface area contributed by atoms with Gasteiger partial charge in [-0.3, -0.25) is 14.6 Å². The minimum atomic E-state index is -3.46. The van der Waals surface area contributed by atoms with E-state index in [1.807, 2.05) is 30.3 Å². The number of nitrogens with zero attached hydrogens (tertiary/aromatic N) is 2. The largest absolute Gasteiger partial charge is 0.483 e. The topological polar surface area (TPSA) is 117 Å². The van der Waals surface area contributed by atoms with Gasteiger partial charge in [-0.25, -0.2) is 8.42 Å². The number of hydrogen-bond acceptors (Lipinski definition) is 5. The molecule has 1 saturated carbocycles. The number of fused-ring (bicyclic) bond motifs is 2. The molecular weight excluding hydrogens is 406 g/mol. The van der Waals surface area contributed by atoms with Crippen LogP contribution in [0.5, 0.6) is 0 Å². The zero-order valence-corrected chi connectivity index (χ0v) is 17.1. The Hall–Kier alpha value is -2.78. The van der Waals surface area contributed by atoms with Gasteiger partial charge in [0.2, 0.25) is 15.9 Å². The summed E-state index contributed by atoms with van der Waals surface area (Å²) in [4.78, 5) is 25.8. The summed E-state index contributed by atoms with van der Waals surface area (Å²) in [7, 11) is -3.46. The number of amides is 1. The van der Waals surface area contributed by atoms with Crippen LogP contribution in [0.1, 0.15) is 36.4 Å². The number of carboxylic acid groups (broad SMARTS) is 1. The molecule has 0 bridgehead atoms. The summed E-state index contributed by atoms with van der Waals surface area (Å²) < 4.78 is 28.0. The highest BCUT2D eigenvalue weighted by Crippen LogP contribution is 2.55. The van der Waals surface area contributed by atoms with Crippen LogP contribution in [0.2, 0.25) is 0 Å². The molecule has 3 heterocycles. The monoisotopic (exact) mass is 429 g/mol. The van der Waals surface area contributed by atoms with Gasteiger partial charge in [0.05, 0.1) is 17.2 Å². The van der Waals surface area contributed by atoms with Crippen molar-refractivity contribution in [2.45, 2.75) is 30.7 Å². The van der Waals surface area contributed by atoms with E-state index < -0.39 is 21.5 Å². The van der Waals surface area contributed by atoms with E-state index in [9.17, 15) is 13.2 Å². The van der Waals surface area contributed by atoms with E-state index in [4.69, 9.17) is 9.90 Å². The van der Waals surface area contributed by atoms with Crippen molar-refractivity contribution in [3.05, 3.63) is 59.9 Å². The second-order valence-electron chi connectivity index (χ2n) is 7.85. The Bertz CT molecular complexity index is 1060. The molecule has 30 heavy (non-hydrogen) atoms. The molecule has 3 aliphatic rings. The number of carbonyl (C=O) groups excluding carboxylic acids is 1. The molecule has 2 aliphatic heterocycles. The van der Waals surface area contributed by atoms with E-state index in [1.54, 1.807) is 22.8 Å². The summed E-state index contributed by atoms with van der Waals surface area (Å²) in [5, 5.41) is 9.86. The second kappa shape index (κ2) is 7.81. The molecule has 9 heteroatoms. The lowest BCUT2D eigenvalue weighted by molar-refractivity contribution is -0.123. The first-order valence-corrected chi connectivity index (χ1v) is 11.4. The number of rotatable bonds is 4. The Morgan fingerprint density at radius 3 is 2.63 bits per heavy atom. The first-order chi connectivity index (χ1) is 14.4. The van der Waals surface area contributed by atoms with Crippen molar-refractivity contribution in [2.24, 2.45) is 5.92 Å². The van der Waals surface area contributed by atoms with Crippen molar-refractivity contribution in [1.82, 2.24) is 9.29 Å². The van der Waals surface area contributed by atoms with Crippen LogP contribution in [0.4, 0.5) is 5.69 Å². The zero-order chi connectivity index (χ0) is 21.4. The Balaban J connectivity index is 0.000000687. The molecule has 2 N–H and O–H groups in total. The van der Waals surface area contributed by atoms with Gasteiger partial charge in [-0.1, -0.05) is 24.3 Å². The van der Waals surface area contributed by atoms with Gasteiger partial charge in [0.25, 0.3) is 6.47 Å². The van der Waals surface area contributed by atoms with Crippen LogP contribution >= 0.6 is 0 Å². The van der Waals surface area contributed by atoms with E-state index >= 15 is 0 Å². The Labute approximate surface area is 175 Å². The molecule has 1 saturated heterocycles. The Morgan fingerprint density at radius 2 is 1.97 bits per heavy atom. The lowest BCUT2D eigenvalue weighted by Crippen LogP contribution is -2.43. The van der Waals surface area contributed by atoms with Crippen LogP contribution in [0.15, 0.2) is 48.8 Å². The van der Waals surface area contributed by atoms with Gasteiger partial charge in [-0.15, -0.1) is 0 Å². The highest BCUT2D eigenvalue weighted by atomic mass is 32.2. The van der Waals surface area contributed by atoms with Crippen molar-refractivity contribution in [2.75, 3.05) is 17.6 Å². The predicted molar refractivity (Wildman–Crippen MR) is 110 cm³/mol. The molecule has 1 aliphatic carbocycles. The van der Waals surface area contributed by atoms with Gasteiger partial charge >= 0.3 is 0 Å². The molecule has 1 amide bonds. The maximum atomic E-state index is 13.2. The molecule has 1 aromatic carbocycles. The number of hydrogen-bond donors (Lipinski definition) is 2. The van der Waals surface area contributed by atoms with Gasteiger partial charge in [0, 0.05) is 24.6 Å². The number of nitrogens with one attached hydrogen (secondary N) is 1. The number of sulfonamides is 1. The summed E-state index contributed by atoms with van der Waals surface area (Å²) in [5.74, 6) is 0.302. The first-order valence-electron chi connectivity index (χ1n) is 9.82. The van der Waals surface area contributed by atoms with Crippen molar-refractivity contribution >= 4 is 28.1 Å². The smallest absolute Gasteiger partial charge is 0.290 e. The predicted octanol–water partition coefficient (Wildman–Crippen LogP) is 2.16. The molecule has 0 radical (unpaired) electrons. The van der Waals surface area contributed by atoms with E-state index in [0.717, 1.165) is 29.7 Å². The standard InChI is InChI=1S/C20H21N3O3S.CH2O2/c24-19-20(16-5-1-2-6-17(16)22-19)9-11-23(27(25,26)13-14-7-8-14)18(20)15-4-3-10-21-12-15;2-1-3/h1-6,10,12,14,18H,7-9,11,13H2,(H,22,24);1H,(H,2,3). The summed E-state index contributed by atoms with van der Waals surface area (Å²) in [6.45, 7) is 0.0936. The molecule has 1 aromatic heterocycles. The third-order valence-corrected chi connectivity index (χ3v) is 8.04. The summed E-state index contributed by atoms with van der Waals surface area (Å²) in [5.41, 5.74) is 1.52. The number of benzene rings is 1. The highest BCUT2D eigenvalue weighted by Gasteiger charge is 2.60. The van der Waals surface area contributed by atoms with E-state index in [1.165, 1.54) is 0 Å². The summed E-state index contributed by atoms with van der Waals surface area (Å²) in [6.07, 6.45) is 5.76. The van der Waals surface area contributed by atoms with Crippen molar-refractivity contribution < 1.29 is 23.1 Å². The van der Waals surface area contributed by atoms with Crippen molar-refractivity contribution in [3.63, 3.8) is 0 Å². The molecule has 2 unspecified atom stereocenters. The Kier molecular flexibility index (Phi) is 5.33. The maximum absolute atomic E-state index is 13.2. The van der Waals surface area contributed by atoms with Crippen molar-refractivity contribution in [1.29, 1.82) is 0 Å².